The number of carbonyl (C=O) groups excluding carboxylic acids is 2. The zero-order chi connectivity index (χ0) is 21.3. The molecule has 30 heavy (non-hydrogen) atoms. The van der Waals surface area contributed by atoms with Crippen LogP contribution in [0.3, 0.4) is 0 Å². The Kier molecular flexibility index (Phi) is 5.77. The fourth-order valence-electron chi connectivity index (χ4n) is 3.09. The first-order chi connectivity index (χ1) is 14.5. The van der Waals surface area contributed by atoms with Crippen LogP contribution in [0.2, 0.25) is 15.1 Å². The van der Waals surface area contributed by atoms with Crippen LogP contribution in [0.25, 0.3) is 0 Å². The van der Waals surface area contributed by atoms with Crippen molar-refractivity contribution < 1.29 is 14.4 Å². The Hall–Kier alpha value is -2.86. The van der Waals surface area contributed by atoms with Gasteiger partial charge in [-0.1, -0.05) is 76.4 Å². The number of oxime groups is 1. The molecule has 3 aromatic carbocycles. The quantitative estimate of drug-likeness (QED) is 0.368. The summed E-state index contributed by atoms with van der Waals surface area (Å²) in [5.74, 6) is -1.16. The van der Waals surface area contributed by atoms with Gasteiger partial charge in [0.05, 0.1) is 22.8 Å². The van der Waals surface area contributed by atoms with Gasteiger partial charge in [0.2, 0.25) is 0 Å². The lowest BCUT2D eigenvalue weighted by molar-refractivity contribution is -0.112. The SMILES string of the molecule is O=C(ON=C1C(=O)N(Cc2ccc(Cl)cc2Cl)c2ccccc21)c1ccccc1Cl. The Bertz CT molecular complexity index is 1190. The van der Waals surface area contributed by atoms with Gasteiger partial charge in [-0.25, -0.2) is 4.79 Å². The van der Waals surface area contributed by atoms with Crippen molar-refractivity contribution in [3.05, 3.63) is 98.5 Å². The molecule has 8 heteroatoms. The molecule has 0 saturated heterocycles. The minimum absolute atomic E-state index is 0.0242. The summed E-state index contributed by atoms with van der Waals surface area (Å²) in [6.07, 6.45) is 0. The molecule has 3 aromatic rings. The number of anilines is 1. The van der Waals surface area contributed by atoms with Gasteiger partial charge in [-0.05, 0) is 35.9 Å². The van der Waals surface area contributed by atoms with E-state index >= 15 is 0 Å². The molecule has 0 N–H and O–H groups in total. The zero-order valence-corrected chi connectivity index (χ0v) is 17.6. The summed E-state index contributed by atoms with van der Waals surface area (Å²) in [7, 11) is 0. The number of hydrogen-bond acceptors (Lipinski definition) is 4. The number of para-hydroxylation sites is 1. The van der Waals surface area contributed by atoms with Crippen molar-refractivity contribution in [2.45, 2.75) is 6.54 Å². The average Bonchev–Trinajstić information content (AvgIpc) is 2.99. The van der Waals surface area contributed by atoms with Crippen molar-refractivity contribution in [1.82, 2.24) is 0 Å². The van der Waals surface area contributed by atoms with E-state index in [1.165, 1.54) is 11.0 Å². The van der Waals surface area contributed by atoms with Crippen LogP contribution >= 0.6 is 34.8 Å². The number of halogens is 3. The predicted octanol–water partition coefficient (Wildman–Crippen LogP) is 5.75. The van der Waals surface area contributed by atoms with Gasteiger partial charge in [0.25, 0.3) is 5.91 Å². The highest BCUT2D eigenvalue weighted by Gasteiger charge is 2.35. The van der Waals surface area contributed by atoms with E-state index in [1.54, 1.807) is 60.7 Å². The molecular formula is C22H13Cl3N2O3. The van der Waals surface area contributed by atoms with Crippen molar-refractivity contribution in [2.24, 2.45) is 5.16 Å². The molecule has 1 amide bonds. The molecule has 5 nitrogen and oxygen atoms in total. The van der Waals surface area contributed by atoms with Crippen LogP contribution in [0.5, 0.6) is 0 Å². The van der Waals surface area contributed by atoms with Crippen LogP contribution in [0, 0.1) is 0 Å². The molecule has 0 aliphatic carbocycles. The minimum Gasteiger partial charge on any atom is -0.312 e. The second-order valence-electron chi connectivity index (χ2n) is 6.44. The van der Waals surface area contributed by atoms with E-state index in [-0.39, 0.29) is 22.8 Å². The lowest BCUT2D eigenvalue weighted by atomic mass is 10.1. The van der Waals surface area contributed by atoms with Crippen LogP contribution in [0.1, 0.15) is 21.5 Å². The molecule has 150 valence electrons. The van der Waals surface area contributed by atoms with Gasteiger partial charge in [-0.2, -0.15) is 0 Å². The van der Waals surface area contributed by atoms with Gasteiger partial charge in [0.1, 0.15) is 0 Å². The standard InChI is InChI=1S/C22H13Cl3N2O3/c23-14-10-9-13(18(25)11-14)12-27-19-8-4-2-6-16(19)20(21(27)28)26-30-22(29)15-5-1-3-7-17(15)24/h1-11H,12H2. The highest BCUT2D eigenvalue weighted by atomic mass is 35.5. The van der Waals surface area contributed by atoms with E-state index in [1.807, 2.05) is 0 Å². The van der Waals surface area contributed by atoms with Crippen LogP contribution < -0.4 is 4.90 Å². The van der Waals surface area contributed by atoms with Gasteiger partial charge in [0.15, 0.2) is 5.71 Å². The first-order valence-electron chi connectivity index (χ1n) is 8.85. The number of benzene rings is 3. The van der Waals surface area contributed by atoms with Crippen molar-refractivity contribution >= 4 is 58.1 Å². The predicted molar refractivity (Wildman–Crippen MR) is 117 cm³/mol. The second-order valence-corrected chi connectivity index (χ2v) is 7.69. The number of carbonyl (C=O) groups is 2. The van der Waals surface area contributed by atoms with E-state index in [0.29, 0.717) is 21.3 Å². The summed E-state index contributed by atoms with van der Waals surface area (Å²) in [4.78, 5) is 31.9. The Morgan fingerprint density at radius 1 is 0.933 bits per heavy atom. The molecule has 4 rings (SSSR count). The van der Waals surface area contributed by atoms with Crippen molar-refractivity contribution in [3.63, 3.8) is 0 Å². The largest absolute Gasteiger partial charge is 0.367 e. The third-order valence-corrected chi connectivity index (χ3v) is 5.47. The van der Waals surface area contributed by atoms with E-state index < -0.39 is 11.9 Å². The normalized spacial score (nSPS) is 14.2. The monoisotopic (exact) mass is 458 g/mol. The lowest BCUT2D eigenvalue weighted by Crippen LogP contribution is -2.30. The number of fused-ring (bicyclic) bond motifs is 1. The summed E-state index contributed by atoms with van der Waals surface area (Å²) in [6, 6.07) is 18.6. The topological polar surface area (TPSA) is 59.0 Å². The molecule has 0 atom stereocenters. The third-order valence-electron chi connectivity index (χ3n) is 4.55. The van der Waals surface area contributed by atoms with Crippen molar-refractivity contribution in [2.75, 3.05) is 4.90 Å². The van der Waals surface area contributed by atoms with Crippen LogP contribution in [0.4, 0.5) is 5.69 Å². The molecule has 0 bridgehead atoms. The molecule has 0 spiro atoms. The molecule has 0 unspecified atom stereocenters. The average molecular weight is 460 g/mol. The molecule has 1 heterocycles. The highest BCUT2D eigenvalue weighted by Crippen LogP contribution is 2.32. The van der Waals surface area contributed by atoms with E-state index in [0.717, 1.165) is 5.56 Å². The van der Waals surface area contributed by atoms with E-state index in [4.69, 9.17) is 39.6 Å². The summed E-state index contributed by atoms with van der Waals surface area (Å²) in [6.45, 7) is 0.212. The van der Waals surface area contributed by atoms with E-state index in [2.05, 4.69) is 5.16 Å². The number of amides is 1. The number of hydrogen-bond donors (Lipinski definition) is 0. The summed E-state index contributed by atoms with van der Waals surface area (Å²) < 4.78 is 0. The van der Waals surface area contributed by atoms with Crippen LogP contribution in [-0.4, -0.2) is 17.6 Å². The Labute approximate surface area is 187 Å². The molecule has 0 radical (unpaired) electrons. The fourth-order valence-corrected chi connectivity index (χ4v) is 3.77. The Balaban J connectivity index is 1.64. The highest BCUT2D eigenvalue weighted by molar-refractivity contribution is 6.54. The Morgan fingerprint density at radius 3 is 2.43 bits per heavy atom. The smallest absolute Gasteiger partial charge is 0.312 e. The van der Waals surface area contributed by atoms with E-state index in [9.17, 15) is 9.59 Å². The van der Waals surface area contributed by atoms with Gasteiger partial charge >= 0.3 is 5.97 Å². The first-order valence-corrected chi connectivity index (χ1v) is 9.98. The molecule has 1 aliphatic heterocycles. The maximum Gasteiger partial charge on any atom is 0.367 e. The van der Waals surface area contributed by atoms with Crippen LogP contribution in [0.15, 0.2) is 71.9 Å². The maximum absolute atomic E-state index is 13.1. The maximum atomic E-state index is 13.1. The molecule has 0 saturated carbocycles. The third kappa shape index (κ3) is 3.92. The first kappa shape index (κ1) is 20.4. The molecular weight excluding hydrogens is 447 g/mol. The van der Waals surface area contributed by atoms with Gasteiger partial charge in [-0.15, -0.1) is 0 Å². The lowest BCUT2D eigenvalue weighted by Gasteiger charge is -2.17. The van der Waals surface area contributed by atoms with Crippen molar-refractivity contribution in [1.29, 1.82) is 0 Å². The summed E-state index contributed by atoms with van der Waals surface area (Å²) in [5.41, 5.74) is 2.10. The van der Waals surface area contributed by atoms with Crippen LogP contribution in [-0.2, 0) is 16.2 Å². The molecule has 0 fully saturated rings. The van der Waals surface area contributed by atoms with Crippen molar-refractivity contribution in [3.8, 4) is 0 Å². The molecule has 1 aliphatic rings. The second kappa shape index (κ2) is 8.48. The number of rotatable bonds is 4. The molecule has 0 aromatic heterocycles. The van der Waals surface area contributed by atoms with Gasteiger partial charge < -0.3 is 9.74 Å². The minimum atomic E-state index is -0.752. The Morgan fingerprint density at radius 2 is 1.67 bits per heavy atom. The van der Waals surface area contributed by atoms with Gasteiger partial charge in [0, 0.05) is 15.6 Å². The summed E-state index contributed by atoms with van der Waals surface area (Å²) >= 11 is 18.2. The van der Waals surface area contributed by atoms with Gasteiger partial charge in [-0.3, -0.25) is 4.79 Å². The fraction of sp³-hybridized carbons (Fsp3) is 0.0455. The zero-order valence-electron chi connectivity index (χ0n) is 15.3. The summed E-state index contributed by atoms with van der Waals surface area (Å²) in [5, 5.41) is 5.04. The number of nitrogens with zero attached hydrogens (tertiary/aromatic N) is 2.